The Bertz CT molecular complexity index is 650. The van der Waals surface area contributed by atoms with Gasteiger partial charge < -0.3 is 11.1 Å². The van der Waals surface area contributed by atoms with Crippen LogP contribution in [-0.4, -0.2) is 15.9 Å². The highest BCUT2D eigenvalue weighted by atomic mass is 35.5. The summed E-state index contributed by atoms with van der Waals surface area (Å²) < 4.78 is 0. The Hall–Kier alpha value is -2.14. The maximum atomic E-state index is 6.16. The van der Waals surface area contributed by atoms with E-state index in [2.05, 4.69) is 20.3 Å². The quantitative estimate of drug-likeness (QED) is 0.650. The molecule has 21 heavy (non-hydrogen) atoms. The third-order valence-electron chi connectivity index (χ3n) is 2.86. The normalized spacial score (nSPS) is 15.8. The highest BCUT2D eigenvalue weighted by molar-refractivity contribution is 6.31. The maximum Gasteiger partial charge on any atom is 0.253 e. The van der Waals surface area contributed by atoms with E-state index in [0.717, 1.165) is 22.7 Å². The predicted molar refractivity (Wildman–Crippen MR) is 86.3 cm³/mol. The Balaban J connectivity index is 2.18. The van der Waals surface area contributed by atoms with Crippen molar-refractivity contribution < 1.29 is 0 Å². The summed E-state index contributed by atoms with van der Waals surface area (Å²) in [6.07, 6.45) is 6.55. The Morgan fingerprint density at radius 1 is 1.29 bits per heavy atom. The molecule has 0 radical (unpaired) electrons. The van der Waals surface area contributed by atoms with Gasteiger partial charge in [-0.1, -0.05) is 23.8 Å². The lowest BCUT2D eigenvalue weighted by Gasteiger charge is -2.07. The molecule has 1 aromatic rings. The zero-order valence-electron chi connectivity index (χ0n) is 12.3. The molecular weight excluding hydrogens is 286 g/mol. The van der Waals surface area contributed by atoms with E-state index in [1.54, 1.807) is 0 Å². The van der Waals surface area contributed by atoms with Crippen molar-refractivity contribution in [2.24, 2.45) is 10.7 Å². The number of guanidine groups is 1. The molecule has 1 aromatic heterocycles. The fraction of sp³-hybridized carbons (Fsp3) is 0.267. The summed E-state index contributed by atoms with van der Waals surface area (Å²) in [7, 11) is 0. The van der Waals surface area contributed by atoms with Crippen LogP contribution in [0.15, 0.2) is 45.6 Å². The number of allylic oxidation sites excluding steroid dienone is 5. The molecule has 2 rings (SSSR count). The lowest BCUT2D eigenvalue weighted by atomic mass is 10.3. The molecule has 0 aliphatic heterocycles. The molecule has 0 spiro atoms. The van der Waals surface area contributed by atoms with Gasteiger partial charge in [0.15, 0.2) is 0 Å². The molecule has 0 fully saturated rings. The van der Waals surface area contributed by atoms with E-state index in [0.29, 0.717) is 17.4 Å². The van der Waals surface area contributed by atoms with Gasteiger partial charge in [-0.3, -0.25) is 0 Å². The van der Waals surface area contributed by atoms with Gasteiger partial charge in [0.05, 0.1) is 0 Å². The van der Waals surface area contributed by atoms with E-state index >= 15 is 0 Å². The van der Waals surface area contributed by atoms with Crippen molar-refractivity contribution in [3.8, 4) is 0 Å². The monoisotopic (exact) mass is 303 g/mol. The van der Waals surface area contributed by atoms with Crippen molar-refractivity contribution >= 4 is 23.5 Å². The van der Waals surface area contributed by atoms with Gasteiger partial charge >= 0.3 is 0 Å². The molecule has 0 atom stereocenters. The van der Waals surface area contributed by atoms with Crippen LogP contribution in [-0.2, 0) is 0 Å². The van der Waals surface area contributed by atoms with E-state index in [-0.39, 0.29) is 5.96 Å². The number of rotatable bonds is 2. The fourth-order valence-corrected chi connectivity index (χ4v) is 2.11. The lowest BCUT2D eigenvalue weighted by molar-refractivity contribution is 0.997. The standard InChI is InChI=1S/C15H18ClN5/c1-9-5-4-6-12(8-13(9)16)20-14(17)21-15-18-10(2)7-11(3)19-15/h4-5,7-8H,6H2,1-3H3,(H3,17,18,19,20,21). The molecule has 1 aliphatic rings. The molecule has 0 amide bonds. The van der Waals surface area contributed by atoms with Gasteiger partial charge in [-0.25, -0.2) is 9.97 Å². The average molecular weight is 304 g/mol. The molecule has 0 unspecified atom stereocenters. The van der Waals surface area contributed by atoms with Crippen molar-refractivity contribution in [1.82, 2.24) is 15.3 Å². The first-order valence-corrected chi connectivity index (χ1v) is 6.99. The predicted octanol–water partition coefficient (Wildman–Crippen LogP) is 2.99. The number of halogens is 1. The van der Waals surface area contributed by atoms with Gasteiger partial charge in [0.25, 0.3) is 5.95 Å². The van der Waals surface area contributed by atoms with Crippen molar-refractivity contribution in [1.29, 1.82) is 0 Å². The number of aromatic nitrogens is 2. The van der Waals surface area contributed by atoms with Crippen molar-refractivity contribution in [3.05, 3.63) is 52.0 Å². The second kappa shape index (κ2) is 6.54. The van der Waals surface area contributed by atoms with Crippen LogP contribution < -0.4 is 11.1 Å². The number of nitrogens with zero attached hydrogens (tertiary/aromatic N) is 3. The molecular formula is C15H18ClN5. The van der Waals surface area contributed by atoms with E-state index in [1.165, 1.54) is 0 Å². The van der Waals surface area contributed by atoms with E-state index in [1.807, 2.05) is 45.1 Å². The van der Waals surface area contributed by atoms with Crippen LogP contribution in [0.25, 0.3) is 0 Å². The first kappa shape index (κ1) is 15.3. The Kier molecular flexibility index (Phi) is 4.75. The number of nitrogens with one attached hydrogen (secondary N) is 1. The first-order valence-electron chi connectivity index (χ1n) is 6.61. The Morgan fingerprint density at radius 3 is 2.62 bits per heavy atom. The largest absolute Gasteiger partial charge is 0.369 e. The van der Waals surface area contributed by atoms with Gasteiger partial charge in [0.1, 0.15) is 0 Å². The topological polar surface area (TPSA) is 76.2 Å². The number of hydrogen-bond acceptors (Lipinski definition) is 3. The van der Waals surface area contributed by atoms with E-state index in [9.17, 15) is 0 Å². The second-order valence-corrected chi connectivity index (χ2v) is 5.29. The van der Waals surface area contributed by atoms with Gasteiger partial charge in [-0.15, -0.1) is 0 Å². The van der Waals surface area contributed by atoms with Gasteiger partial charge in [0, 0.05) is 28.5 Å². The molecule has 1 heterocycles. The summed E-state index contributed by atoms with van der Waals surface area (Å²) in [5, 5.41) is 3.72. The van der Waals surface area contributed by atoms with Crippen LogP contribution in [0.4, 0.5) is 5.95 Å². The summed E-state index contributed by atoms with van der Waals surface area (Å²) in [5.74, 6) is 0.587. The van der Waals surface area contributed by atoms with Gasteiger partial charge in [-0.2, -0.15) is 4.99 Å². The smallest absolute Gasteiger partial charge is 0.253 e. The van der Waals surface area contributed by atoms with Crippen LogP contribution in [0.2, 0.25) is 0 Å². The minimum atomic E-state index is 0.240. The van der Waals surface area contributed by atoms with Crippen LogP contribution >= 0.6 is 11.6 Å². The first-order chi connectivity index (χ1) is 9.94. The Morgan fingerprint density at radius 2 is 1.95 bits per heavy atom. The summed E-state index contributed by atoms with van der Waals surface area (Å²) in [6.45, 7) is 5.74. The minimum Gasteiger partial charge on any atom is -0.369 e. The maximum absolute atomic E-state index is 6.16. The highest BCUT2D eigenvalue weighted by Gasteiger charge is 2.05. The molecule has 6 heteroatoms. The fourth-order valence-electron chi connectivity index (χ4n) is 1.91. The molecule has 1 aliphatic carbocycles. The molecule has 0 aromatic carbocycles. The van der Waals surface area contributed by atoms with Crippen molar-refractivity contribution in [3.63, 3.8) is 0 Å². The van der Waals surface area contributed by atoms with Crippen molar-refractivity contribution in [2.75, 3.05) is 0 Å². The molecule has 0 saturated carbocycles. The molecule has 0 bridgehead atoms. The van der Waals surface area contributed by atoms with Crippen LogP contribution in [0.1, 0.15) is 24.7 Å². The lowest BCUT2D eigenvalue weighted by Crippen LogP contribution is -2.30. The SMILES string of the molecule is CC1=C(Cl)C=C(N/C(N)=N\c2nc(C)cc(C)n2)CC=C1. The van der Waals surface area contributed by atoms with Gasteiger partial charge in [0.2, 0.25) is 5.96 Å². The number of hydrogen-bond donors (Lipinski definition) is 2. The number of aryl methyl sites for hydroxylation is 2. The van der Waals surface area contributed by atoms with Gasteiger partial charge in [-0.05, 0) is 38.5 Å². The number of aliphatic imine (C=N–C) groups is 1. The van der Waals surface area contributed by atoms with E-state index < -0.39 is 0 Å². The number of nitrogens with two attached hydrogens (primary N) is 1. The molecule has 5 nitrogen and oxygen atoms in total. The highest BCUT2D eigenvalue weighted by Crippen LogP contribution is 2.19. The van der Waals surface area contributed by atoms with Crippen LogP contribution in [0.5, 0.6) is 0 Å². The Labute approximate surface area is 129 Å². The summed E-state index contributed by atoms with van der Waals surface area (Å²) in [5.41, 5.74) is 9.50. The minimum absolute atomic E-state index is 0.240. The van der Waals surface area contributed by atoms with E-state index in [4.69, 9.17) is 17.3 Å². The van der Waals surface area contributed by atoms with Crippen LogP contribution in [0, 0.1) is 13.8 Å². The van der Waals surface area contributed by atoms with Crippen molar-refractivity contribution in [2.45, 2.75) is 27.2 Å². The molecule has 110 valence electrons. The zero-order valence-corrected chi connectivity index (χ0v) is 13.1. The summed E-state index contributed by atoms with van der Waals surface area (Å²) >= 11 is 6.16. The zero-order chi connectivity index (χ0) is 15.4. The average Bonchev–Trinajstić information content (AvgIpc) is 2.50. The van der Waals surface area contributed by atoms with Crippen LogP contribution in [0.3, 0.4) is 0 Å². The summed E-state index contributed by atoms with van der Waals surface area (Å²) in [4.78, 5) is 12.6. The third kappa shape index (κ3) is 4.43. The third-order valence-corrected chi connectivity index (χ3v) is 3.27. The molecule has 3 N–H and O–H groups in total. The second-order valence-electron chi connectivity index (χ2n) is 4.88. The summed E-state index contributed by atoms with van der Waals surface area (Å²) in [6, 6.07) is 1.88. The molecule has 0 saturated heterocycles.